The Balaban J connectivity index is 2.09. The number of carbonyl (C=O) groups excluding carboxylic acids is 2. The Bertz CT molecular complexity index is 508. The molecular weight excluding hydrogens is 306 g/mol. The minimum absolute atomic E-state index is 0.130. The summed E-state index contributed by atoms with van der Waals surface area (Å²) in [5.74, 6) is -0.299. The molecule has 1 rings (SSSR count). The summed E-state index contributed by atoms with van der Waals surface area (Å²) in [6.45, 7) is 8.26. The van der Waals surface area contributed by atoms with Gasteiger partial charge in [-0.1, -0.05) is 43.7 Å². The smallest absolute Gasteiger partial charge is 0.407 e. The third-order valence-corrected chi connectivity index (χ3v) is 3.36. The molecule has 0 heterocycles. The summed E-state index contributed by atoms with van der Waals surface area (Å²) >= 11 is 0. The Kier molecular flexibility index (Phi) is 8.30. The van der Waals surface area contributed by atoms with Crippen LogP contribution in [0.3, 0.4) is 0 Å². The van der Waals surface area contributed by atoms with Gasteiger partial charge in [-0.05, 0) is 39.2 Å². The quantitative estimate of drug-likeness (QED) is 0.575. The molecule has 24 heavy (non-hydrogen) atoms. The minimum atomic E-state index is -0.449. The highest BCUT2D eigenvalue weighted by Crippen LogP contribution is 2.15. The Morgan fingerprint density at radius 3 is 2.42 bits per heavy atom. The number of hydrogen-bond donors (Lipinski definition) is 1. The van der Waals surface area contributed by atoms with Gasteiger partial charge >= 0.3 is 12.1 Å². The van der Waals surface area contributed by atoms with Crippen LogP contribution in [0.1, 0.15) is 52.5 Å². The lowest BCUT2D eigenvalue weighted by atomic mass is 10.0. The highest BCUT2D eigenvalue weighted by atomic mass is 16.6. The van der Waals surface area contributed by atoms with Crippen molar-refractivity contribution in [2.24, 2.45) is 5.92 Å². The molecule has 0 aromatic heterocycles. The van der Waals surface area contributed by atoms with Crippen LogP contribution >= 0.6 is 0 Å². The van der Waals surface area contributed by atoms with Gasteiger partial charge in [0.25, 0.3) is 0 Å². The Morgan fingerprint density at radius 1 is 1.12 bits per heavy atom. The average Bonchev–Trinajstić information content (AvgIpc) is 2.51. The van der Waals surface area contributed by atoms with E-state index in [1.165, 1.54) is 0 Å². The molecule has 1 amide bonds. The summed E-state index contributed by atoms with van der Waals surface area (Å²) in [4.78, 5) is 23.4. The summed E-state index contributed by atoms with van der Waals surface area (Å²) in [5, 5.41) is 2.72. The van der Waals surface area contributed by atoms with Crippen molar-refractivity contribution in [3.63, 3.8) is 0 Å². The number of unbranched alkanes of at least 4 members (excludes halogenated alkanes) is 1. The van der Waals surface area contributed by atoms with Gasteiger partial charge < -0.3 is 14.8 Å². The number of nitrogens with one attached hydrogen (secondary N) is 1. The summed E-state index contributed by atoms with van der Waals surface area (Å²) in [5.41, 5.74) is 0.508. The van der Waals surface area contributed by atoms with Crippen LogP contribution in [-0.4, -0.2) is 24.2 Å². The number of ether oxygens (including phenoxy) is 2. The fraction of sp³-hybridized carbons (Fsp3) is 0.579. The molecule has 0 fully saturated rings. The maximum absolute atomic E-state index is 11.8. The lowest BCUT2D eigenvalue weighted by Crippen LogP contribution is -2.28. The Labute approximate surface area is 144 Å². The van der Waals surface area contributed by atoms with E-state index in [1.54, 1.807) is 0 Å². The highest BCUT2D eigenvalue weighted by molar-refractivity contribution is 5.72. The van der Waals surface area contributed by atoms with Crippen molar-refractivity contribution < 1.29 is 19.1 Å². The average molecular weight is 335 g/mol. The third kappa shape index (κ3) is 9.18. The molecule has 5 heteroatoms. The standard InChI is InChI=1S/C19H29NO4/c1-15(17(21)24-19(2,3)4)10-8-9-13-20-18(22)23-14-16-11-6-5-7-12-16/h5-7,11-12,15H,8-10,13-14H2,1-4H3,(H,20,22). The second-order valence-electron chi connectivity index (χ2n) is 6.92. The first-order valence-corrected chi connectivity index (χ1v) is 8.45. The van der Waals surface area contributed by atoms with Crippen molar-refractivity contribution in [1.82, 2.24) is 5.32 Å². The molecule has 0 bridgehead atoms. The number of esters is 1. The Hall–Kier alpha value is -2.04. The summed E-state index contributed by atoms with van der Waals surface area (Å²) in [6, 6.07) is 9.55. The Morgan fingerprint density at radius 2 is 1.79 bits per heavy atom. The van der Waals surface area contributed by atoms with Gasteiger partial charge in [0.15, 0.2) is 0 Å². The number of rotatable bonds is 8. The molecule has 1 atom stereocenters. The van der Waals surface area contributed by atoms with Crippen LogP contribution in [0.15, 0.2) is 30.3 Å². The number of carbonyl (C=O) groups is 2. The first kappa shape index (κ1) is 20.0. The molecule has 0 saturated carbocycles. The fourth-order valence-corrected chi connectivity index (χ4v) is 2.06. The molecule has 0 aliphatic heterocycles. The van der Waals surface area contributed by atoms with Crippen LogP contribution in [0.5, 0.6) is 0 Å². The van der Waals surface area contributed by atoms with E-state index in [0.29, 0.717) is 6.54 Å². The fourth-order valence-electron chi connectivity index (χ4n) is 2.06. The van der Waals surface area contributed by atoms with Crippen LogP contribution < -0.4 is 5.32 Å². The molecule has 0 radical (unpaired) electrons. The van der Waals surface area contributed by atoms with E-state index in [9.17, 15) is 9.59 Å². The molecule has 1 aromatic rings. The second kappa shape index (κ2) is 9.96. The van der Waals surface area contributed by atoms with Crippen LogP contribution in [-0.2, 0) is 20.9 Å². The van der Waals surface area contributed by atoms with E-state index in [1.807, 2.05) is 58.0 Å². The molecule has 0 spiro atoms. The largest absolute Gasteiger partial charge is 0.460 e. The van der Waals surface area contributed by atoms with Gasteiger partial charge in [0.1, 0.15) is 12.2 Å². The minimum Gasteiger partial charge on any atom is -0.460 e. The lowest BCUT2D eigenvalue weighted by Gasteiger charge is -2.22. The third-order valence-electron chi connectivity index (χ3n) is 3.36. The van der Waals surface area contributed by atoms with Crippen molar-refractivity contribution in [1.29, 1.82) is 0 Å². The van der Waals surface area contributed by atoms with Gasteiger partial charge in [0, 0.05) is 6.54 Å². The first-order chi connectivity index (χ1) is 11.3. The highest BCUT2D eigenvalue weighted by Gasteiger charge is 2.21. The van der Waals surface area contributed by atoms with E-state index in [4.69, 9.17) is 9.47 Å². The number of alkyl carbamates (subject to hydrolysis) is 1. The molecule has 0 saturated heterocycles. The predicted octanol–water partition coefficient (Wildman–Crippen LogP) is 4.06. The molecule has 134 valence electrons. The molecular formula is C19H29NO4. The van der Waals surface area contributed by atoms with Gasteiger partial charge in [0.05, 0.1) is 5.92 Å². The second-order valence-corrected chi connectivity index (χ2v) is 6.92. The molecule has 1 N–H and O–H groups in total. The molecule has 5 nitrogen and oxygen atoms in total. The lowest BCUT2D eigenvalue weighted by molar-refractivity contribution is -0.159. The molecule has 0 aliphatic rings. The van der Waals surface area contributed by atoms with Crippen molar-refractivity contribution in [2.75, 3.05) is 6.54 Å². The van der Waals surface area contributed by atoms with Crippen LogP contribution in [0.25, 0.3) is 0 Å². The van der Waals surface area contributed by atoms with E-state index in [2.05, 4.69) is 5.32 Å². The normalized spacial score (nSPS) is 12.3. The topological polar surface area (TPSA) is 64.6 Å². The van der Waals surface area contributed by atoms with Gasteiger partial charge in [-0.2, -0.15) is 0 Å². The predicted molar refractivity (Wildman–Crippen MR) is 93.5 cm³/mol. The van der Waals surface area contributed by atoms with Crippen molar-refractivity contribution >= 4 is 12.1 Å². The zero-order valence-corrected chi connectivity index (χ0v) is 15.1. The maximum Gasteiger partial charge on any atom is 0.407 e. The van der Waals surface area contributed by atoms with Gasteiger partial charge in [0.2, 0.25) is 0 Å². The first-order valence-electron chi connectivity index (χ1n) is 8.45. The number of amides is 1. The zero-order valence-electron chi connectivity index (χ0n) is 15.1. The van der Waals surface area contributed by atoms with Crippen LogP contribution in [0, 0.1) is 5.92 Å². The maximum atomic E-state index is 11.8. The van der Waals surface area contributed by atoms with Crippen LogP contribution in [0.2, 0.25) is 0 Å². The summed E-state index contributed by atoms with van der Waals surface area (Å²) in [6.07, 6.45) is 1.97. The van der Waals surface area contributed by atoms with E-state index >= 15 is 0 Å². The monoisotopic (exact) mass is 335 g/mol. The van der Waals surface area contributed by atoms with Gasteiger partial charge in [-0.15, -0.1) is 0 Å². The summed E-state index contributed by atoms with van der Waals surface area (Å²) in [7, 11) is 0. The SMILES string of the molecule is CC(CCCCNC(=O)OCc1ccccc1)C(=O)OC(C)(C)C. The van der Waals surface area contributed by atoms with E-state index < -0.39 is 11.7 Å². The molecule has 1 unspecified atom stereocenters. The zero-order chi connectivity index (χ0) is 18.0. The van der Waals surface area contributed by atoms with Gasteiger partial charge in [-0.25, -0.2) is 4.79 Å². The van der Waals surface area contributed by atoms with Crippen molar-refractivity contribution in [2.45, 2.75) is 59.2 Å². The number of benzene rings is 1. The van der Waals surface area contributed by atoms with Crippen LogP contribution in [0.4, 0.5) is 4.79 Å². The number of hydrogen-bond acceptors (Lipinski definition) is 4. The molecule has 0 aliphatic carbocycles. The van der Waals surface area contributed by atoms with E-state index in [-0.39, 0.29) is 18.5 Å². The van der Waals surface area contributed by atoms with Crippen molar-refractivity contribution in [3.8, 4) is 0 Å². The van der Waals surface area contributed by atoms with Crippen molar-refractivity contribution in [3.05, 3.63) is 35.9 Å². The van der Waals surface area contributed by atoms with E-state index in [0.717, 1.165) is 24.8 Å². The summed E-state index contributed by atoms with van der Waals surface area (Å²) < 4.78 is 10.5. The van der Waals surface area contributed by atoms with Gasteiger partial charge in [-0.3, -0.25) is 4.79 Å². The molecule has 1 aromatic carbocycles.